The molecule has 2 N–H and O–H groups in total. The lowest BCUT2D eigenvalue weighted by Crippen LogP contribution is -2.39. The van der Waals surface area contributed by atoms with E-state index in [0.29, 0.717) is 16.7 Å². The number of benzene rings is 1. The Bertz CT molecular complexity index is 623. The lowest BCUT2D eigenvalue weighted by atomic mass is 9.82. The van der Waals surface area contributed by atoms with Gasteiger partial charge in [-0.1, -0.05) is 36.0 Å². The molecule has 2 aromatic rings. The maximum absolute atomic E-state index is 6.42. The van der Waals surface area contributed by atoms with E-state index in [1.165, 1.54) is 6.42 Å². The summed E-state index contributed by atoms with van der Waals surface area (Å²) in [5, 5.41) is 4.74. The van der Waals surface area contributed by atoms with Gasteiger partial charge in [-0.2, -0.15) is 4.98 Å². The van der Waals surface area contributed by atoms with E-state index < -0.39 is 5.54 Å². The zero-order valence-electron chi connectivity index (χ0n) is 10.9. The molecule has 0 radical (unpaired) electrons. The standard InChI is InChI=1S/C14H15BrClN3O/c15-11-8-9(16)4-5-10(11)12-18-13(19-20-12)14(17)6-2-1-3-7-14/h4-5,8H,1-3,6-7,17H2. The van der Waals surface area contributed by atoms with Crippen molar-refractivity contribution in [1.82, 2.24) is 10.1 Å². The zero-order valence-corrected chi connectivity index (χ0v) is 13.2. The van der Waals surface area contributed by atoms with E-state index in [1.54, 1.807) is 12.1 Å². The van der Waals surface area contributed by atoms with E-state index in [1.807, 2.05) is 6.07 Å². The Balaban J connectivity index is 1.93. The Labute approximate surface area is 130 Å². The van der Waals surface area contributed by atoms with Crippen molar-refractivity contribution in [2.24, 2.45) is 5.73 Å². The van der Waals surface area contributed by atoms with Crippen LogP contribution in [0, 0.1) is 0 Å². The summed E-state index contributed by atoms with van der Waals surface area (Å²) < 4.78 is 6.20. The van der Waals surface area contributed by atoms with E-state index in [9.17, 15) is 0 Å². The molecular weight excluding hydrogens is 342 g/mol. The third-order valence-corrected chi connectivity index (χ3v) is 4.67. The summed E-state index contributed by atoms with van der Waals surface area (Å²) in [4.78, 5) is 4.49. The SMILES string of the molecule is NC1(c2noc(-c3ccc(Cl)cc3Br)n2)CCCCC1. The van der Waals surface area contributed by atoms with Crippen LogP contribution < -0.4 is 5.73 Å². The molecule has 0 atom stereocenters. The number of rotatable bonds is 2. The number of nitrogens with two attached hydrogens (primary N) is 1. The molecule has 0 unspecified atom stereocenters. The third-order valence-electron chi connectivity index (χ3n) is 3.78. The van der Waals surface area contributed by atoms with Gasteiger partial charge in [0.25, 0.3) is 5.89 Å². The summed E-state index contributed by atoms with van der Waals surface area (Å²) in [5.74, 6) is 1.08. The largest absolute Gasteiger partial charge is 0.334 e. The van der Waals surface area contributed by atoms with Gasteiger partial charge in [-0.05, 0) is 47.0 Å². The van der Waals surface area contributed by atoms with E-state index in [2.05, 4.69) is 26.1 Å². The van der Waals surface area contributed by atoms with Crippen molar-refractivity contribution < 1.29 is 4.52 Å². The minimum atomic E-state index is -0.446. The Morgan fingerprint density at radius 3 is 2.70 bits per heavy atom. The topological polar surface area (TPSA) is 64.9 Å². The lowest BCUT2D eigenvalue weighted by molar-refractivity contribution is 0.275. The van der Waals surface area contributed by atoms with Gasteiger partial charge in [-0.15, -0.1) is 0 Å². The van der Waals surface area contributed by atoms with Gasteiger partial charge < -0.3 is 10.3 Å². The minimum absolute atomic E-state index is 0.446. The number of nitrogens with zero attached hydrogens (tertiary/aromatic N) is 2. The smallest absolute Gasteiger partial charge is 0.259 e. The number of aromatic nitrogens is 2. The second kappa shape index (κ2) is 5.47. The summed E-state index contributed by atoms with van der Waals surface area (Å²) >= 11 is 9.40. The van der Waals surface area contributed by atoms with Gasteiger partial charge in [0, 0.05) is 9.50 Å². The van der Waals surface area contributed by atoms with Gasteiger partial charge in [0.2, 0.25) is 0 Å². The molecule has 3 rings (SSSR count). The lowest BCUT2D eigenvalue weighted by Gasteiger charge is -2.29. The molecular formula is C14H15BrClN3O. The molecule has 1 aliphatic rings. The van der Waals surface area contributed by atoms with Gasteiger partial charge in [0.15, 0.2) is 5.82 Å². The van der Waals surface area contributed by atoms with E-state index in [0.717, 1.165) is 35.7 Å². The molecule has 6 heteroatoms. The number of hydrogen-bond acceptors (Lipinski definition) is 4. The molecule has 1 fully saturated rings. The summed E-state index contributed by atoms with van der Waals surface area (Å²) in [6, 6.07) is 5.46. The van der Waals surface area contributed by atoms with Crippen LogP contribution in [0.3, 0.4) is 0 Å². The number of halogens is 2. The van der Waals surface area contributed by atoms with Crippen LogP contribution >= 0.6 is 27.5 Å². The first kappa shape index (κ1) is 14.0. The minimum Gasteiger partial charge on any atom is -0.334 e. The highest BCUT2D eigenvalue weighted by atomic mass is 79.9. The van der Waals surface area contributed by atoms with Crippen molar-refractivity contribution in [3.63, 3.8) is 0 Å². The second-order valence-corrected chi connectivity index (χ2v) is 6.55. The molecule has 0 aliphatic heterocycles. The summed E-state index contributed by atoms with van der Waals surface area (Å²) in [7, 11) is 0. The van der Waals surface area contributed by atoms with Gasteiger partial charge in [-0.3, -0.25) is 0 Å². The summed E-state index contributed by atoms with van der Waals surface area (Å²) in [6.07, 6.45) is 5.28. The predicted molar refractivity (Wildman–Crippen MR) is 81.4 cm³/mol. The fourth-order valence-electron chi connectivity index (χ4n) is 2.60. The molecule has 20 heavy (non-hydrogen) atoms. The van der Waals surface area contributed by atoms with Crippen LogP contribution in [-0.4, -0.2) is 10.1 Å². The van der Waals surface area contributed by atoms with Gasteiger partial charge >= 0.3 is 0 Å². The first-order valence-electron chi connectivity index (χ1n) is 6.67. The van der Waals surface area contributed by atoms with Gasteiger partial charge in [0.05, 0.1) is 11.1 Å². The molecule has 0 amide bonds. The fourth-order valence-corrected chi connectivity index (χ4v) is 3.46. The highest BCUT2D eigenvalue weighted by molar-refractivity contribution is 9.10. The fraction of sp³-hybridized carbons (Fsp3) is 0.429. The maximum Gasteiger partial charge on any atom is 0.259 e. The van der Waals surface area contributed by atoms with Crippen LogP contribution in [0.2, 0.25) is 5.02 Å². The van der Waals surface area contributed by atoms with Crippen molar-refractivity contribution >= 4 is 27.5 Å². The highest BCUT2D eigenvalue weighted by Crippen LogP contribution is 2.35. The van der Waals surface area contributed by atoms with Crippen LogP contribution in [0.1, 0.15) is 37.9 Å². The monoisotopic (exact) mass is 355 g/mol. The first-order valence-corrected chi connectivity index (χ1v) is 7.84. The molecule has 0 bridgehead atoms. The molecule has 1 saturated carbocycles. The molecule has 0 spiro atoms. The number of hydrogen-bond donors (Lipinski definition) is 1. The molecule has 0 saturated heterocycles. The van der Waals surface area contributed by atoms with Crippen LogP contribution in [-0.2, 0) is 5.54 Å². The van der Waals surface area contributed by atoms with Crippen molar-refractivity contribution in [2.75, 3.05) is 0 Å². The third kappa shape index (κ3) is 2.62. The molecule has 1 heterocycles. The van der Waals surface area contributed by atoms with E-state index in [-0.39, 0.29) is 0 Å². The molecule has 1 aromatic heterocycles. The highest BCUT2D eigenvalue weighted by Gasteiger charge is 2.34. The van der Waals surface area contributed by atoms with Crippen molar-refractivity contribution in [1.29, 1.82) is 0 Å². The van der Waals surface area contributed by atoms with Crippen molar-refractivity contribution in [2.45, 2.75) is 37.6 Å². The quantitative estimate of drug-likeness (QED) is 0.872. The van der Waals surface area contributed by atoms with Crippen molar-refractivity contribution in [3.05, 3.63) is 33.5 Å². The molecule has 1 aromatic carbocycles. The Hall–Kier alpha value is -0.910. The Morgan fingerprint density at radius 1 is 1.25 bits per heavy atom. The van der Waals surface area contributed by atoms with Crippen LogP contribution in [0.15, 0.2) is 27.2 Å². The van der Waals surface area contributed by atoms with Gasteiger partial charge in [-0.25, -0.2) is 0 Å². The summed E-state index contributed by atoms with van der Waals surface area (Å²) in [6.45, 7) is 0. The predicted octanol–water partition coefficient (Wildman–Crippen LogP) is 4.27. The van der Waals surface area contributed by atoms with Crippen LogP contribution in [0.5, 0.6) is 0 Å². The Kier molecular flexibility index (Phi) is 3.84. The molecule has 1 aliphatic carbocycles. The van der Waals surface area contributed by atoms with Crippen LogP contribution in [0.25, 0.3) is 11.5 Å². The Morgan fingerprint density at radius 2 is 2.00 bits per heavy atom. The van der Waals surface area contributed by atoms with E-state index in [4.69, 9.17) is 21.9 Å². The average molecular weight is 357 g/mol. The second-order valence-electron chi connectivity index (χ2n) is 5.26. The van der Waals surface area contributed by atoms with Gasteiger partial charge in [0.1, 0.15) is 0 Å². The molecule has 106 valence electrons. The zero-order chi connectivity index (χ0) is 14.2. The normalized spacial score (nSPS) is 18.1. The first-order chi connectivity index (χ1) is 9.58. The average Bonchev–Trinajstić information content (AvgIpc) is 2.90. The van der Waals surface area contributed by atoms with Crippen LogP contribution in [0.4, 0.5) is 0 Å². The summed E-state index contributed by atoms with van der Waals surface area (Å²) in [5.41, 5.74) is 6.80. The van der Waals surface area contributed by atoms with Crippen molar-refractivity contribution in [3.8, 4) is 11.5 Å². The molecule has 4 nitrogen and oxygen atoms in total. The maximum atomic E-state index is 6.42. The van der Waals surface area contributed by atoms with E-state index >= 15 is 0 Å².